The predicted octanol–water partition coefficient (Wildman–Crippen LogP) is 3.81. The molecule has 0 spiro atoms. The molecule has 0 unspecified atom stereocenters. The maximum atomic E-state index is 5.61. The summed E-state index contributed by atoms with van der Waals surface area (Å²) in [5, 5.41) is 3.97. The first kappa shape index (κ1) is 14.1. The summed E-state index contributed by atoms with van der Waals surface area (Å²) in [7, 11) is 0. The molecular weight excluding hydrogens is 364 g/mol. The summed E-state index contributed by atoms with van der Waals surface area (Å²) in [4.78, 5) is 4.33. The van der Waals surface area contributed by atoms with Crippen LogP contribution in [0.25, 0.3) is 11.4 Å². The van der Waals surface area contributed by atoms with E-state index in [9.17, 15) is 0 Å². The third kappa shape index (κ3) is 3.00. The highest BCUT2D eigenvalue weighted by molar-refractivity contribution is 9.10. The minimum atomic E-state index is 0.208. The Bertz CT molecular complexity index is 832. The Hall–Kier alpha value is -2.54. The second-order valence-electron chi connectivity index (χ2n) is 4.82. The van der Waals surface area contributed by atoms with E-state index in [-0.39, 0.29) is 13.4 Å². The van der Waals surface area contributed by atoms with Crippen molar-refractivity contribution in [1.29, 1.82) is 0 Å². The number of benzene rings is 2. The number of hydrogen-bond acceptors (Lipinski definition) is 6. The minimum absolute atomic E-state index is 0.208. The van der Waals surface area contributed by atoms with E-state index in [1.54, 1.807) is 0 Å². The molecule has 1 aliphatic rings. The van der Waals surface area contributed by atoms with Crippen LogP contribution in [0.2, 0.25) is 0 Å². The second kappa shape index (κ2) is 5.92. The van der Waals surface area contributed by atoms with Crippen molar-refractivity contribution >= 4 is 15.9 Å². The molecule has 0 bridgehead atoms. The van der Waals surface area contributed by atoms with Crippen LogP contribution in [0.15, 0.2) is 51.5 Å². The Labute approximate surface area is 140 Å². The van der Waals surface area contributed by atoms with Crippen molar-refractivity contribution in [2.24, 2.45) is 0 Å². The van der Waals surface area contributed by atoms with Gasteiger partial charge in [0.15, 0.2) is 18.1 Å². The highest BCUT2D eigenvalue weighted by atomic mass is 79.9. The lowest BCUT2D eigenvalue weighted by atomic mass is 10.2. The van der Waals surface area contributed by atoms with Gasteiger partial charge in [0.25, 0.3) is 5.89 Å². The molecule has 0 saturated carbocycles. The number of hydrogen-bond donors (Lipinski definition) is 0. The van der Waals surface area contributed by atoms with Crippen molar-refractivity contribution in [1.82, 2.24) is 10.1 Å². The van der Waals surface area contributed by atoms with Crippen LogP contribution < -0.4 is 14.2 Å². The maximum absolute atomic E-state index is 5.61. The average Bonchev–Trinajstić information content (AvgIpc) is 3.22. The first-order valence-corrected chi connectivity index (χ1v) is 7.68. The molecule has 1 aromatic heterocycles. The molecule has 23 heavy (non-hydrogen) atoms. The Kier molecular flexibility index (Phi) is 3.63. The Morgan fingerprint density at radius 1 is 1.04 bits per heavy atom. The van der Waals surface area contributed by atoms with Gasteiger partial charge >= 0.3 is 0 Å². The number of nitrogens with zero attached hydrogens (tertiary/aromatic N) is 2. The van der Waals surface area contributed by atoms with E-state index >= 15 is 0 Å². The van der Waals surface area contributed by atoms with Crippen LogP contribution in [0.4, 0.5) is 0 Å². The van der Waals surface area contributed by atoms with Gasteiger partial charge in [-0.3, -0.25) is 0 Å². The van der Waals surface area contributed by atoms with Crippen LogP contribution in [0.3, 0.4) is 0 Å². The number of rotatable bonds is 4. The van der Waals surface area contributed by atoms with Crippen LogP contribution in [0.1, 0.15) is 5.89 Å². The van der Waals surface area contributed by atoms with E-state index in [1.807, 2.05) is 42.5 Å². The van der Waals surface area contributed by atoms with E-state index in [0.717, 1.165) is 21.5 Å². The van der Waals surface area contributed by atoms with Crippen LogP contribution in [-0.4, -0.2) is 16.9 Å². The molecule has 6 nitrogen and oxygen atoms in total. The molecule has 0 saturated heterocycles. The molecule has 4 rings (SSSR count). The lowest BCUT2D eigenvalue weighted by Crippen LogP contribution is -1.95. The number of halogens is 1. The van der Waals surface area contributed by atoms with Gasteiger partial charge in [0.2, 0.25) is 12.6 Å². The van der Waals surface area contributed by atoms with Crippen molar-refractivity contribution in [2.75, 3.05) is 6.79 Å². The van der Waals surface area contributed by atoms with Gasteiger partial charge in [0.05, 0.1) is 0 Å². The van der Waals surface area contributed by atoms with Crippen LogP contribution in [0.5, 0.6) is 17.2 Å². The minimum Gasteiger partial charge on any atom is -0.484 e. The zero-order chi connectivity index (χ0) is 15.6. The quantitative estimate of drug-likeness (QED) is 0.691. The highest BCUT2D eigenvalue weighted by Gasteiger charge is 2.16. The molecule has 0 amide bonds. The SMILES string of the molecule is Brc1ccc(OCc2nc(-c3ccc4c(c3)OCO4)no2)cc1. The van der Waals surface area contributed by atoms with Gasteiger partial charge in [0, 0.05) is 10.0 Å². The van der Waals surface area contributed by atoms with Crippen molar-refractivity contribution < 1.29 is 18.7 Å². The van der Waals surface area contributed by atoms with Crippen molar-refractivity contribution in [3.63, 3.8) is 0 Å². The van der Waals surface area contributed by atoms with E-state index < -0.39 is 0 Å². The summed E-state index contributed by atoms with van der Waals surface area (Å²) in [6.45, 7) is 0.441. The number of aromatic nitrogens is 2. The van der Waals surface area contributed by atoms with Gasteiger partial charge in [-0.2, -0.15) is 4.98 Å². The first-order chi connectivity index (χ1) is 11.3. The van der Waals surface area contributed by atoms with E-state index in [1.165, 1.54) is 0 Å². The highest BCUT2D eigenvalue weighted by Crippen LogP contribution is 2.35. The summed E-state index contributed by atoms with van der Waals surface area (Å²) in [6.07, 6.45) is 0. The van der Waals surface area contributed by atoms with Gasteiger partial charge in [-0.05, 0) is 42.5 Å². The van der Waals surface area contributed by atoms with Crippen molar-refractivity contribution in [3.05, 3.63) is 52.8 Å². The molecule has 0 atom stereocenters. The fourth-order valence-corrected chi connectivity index (χ4v) is 2.41. The van der Waals surface area contributed by atoms with Crippen LogP contribution >= 0.6 is 15.9 Å². The fraction of sp³-hybridized carbons (Fsp3) is 0.125. The van der Waals surface area contributed by atoms with Gasteiger partial charge in [-0.15, -0.1) is 0 Å². The smallest absolute Gasteiger partial charge is 0.264 e. The molecule has 3 aromatic rings. The van der Waals surface area contributed by atoms with Crippen molar-refractivity contribution in [3.8, 4) is 28.6 Å². The summed E-state index contributed by atoms with van der Waals surface area (Å²) in [5.41, 5.74) is 0.799. The standard InChI is InChI=1S/C16H11BrN2O4/c17-11-2-4-12(5-3-11)20-8-15-18-16(19-23-15)10-1-6-13-14(7-10)22-9-21-13/h1-7H,8-9H2. The van der Waals surface area contributed by atoms with Crippen molar-refractivity contribution in [2.45, 2.75) is 6.61 Å². The molecule has 0 N–H and O–H groups in total. The summed E-state index contributed by atoms with van der Waals surface area (Å²) in [6, 6.07) is 13.0. The molecular formula is C16H11BrN2O4. The third-order valence-electron chi connectivity index (χ3n) is 3.27. The number of fused-ring (bicyclic) bond motifs is 1. The van der Waals surface area contributed by atoms with Gasteiger partial charge < -0.3 is 18.7 Å². The lowest BCUT2D eigenvalue weighted by molar-refractivity contribution is 0.174. The Balaban J connectivity index is 1.47. The average molecular weight is 375 g/mol. The predicted molar refractivity (Wildman–Crippen MR) is 84.3 cm³/mol. The first-order valence-electron chi connectivity index (χ1n) is 6.89. The Morgan fingerprint density at radius 2 is 1.87 bits per heavy atom. The topological polar surface area (TPSA) is 66.6 Å². The maximum Gasteiger partial charge on any atom is 0.264 e. The monoisotopic (exact) mass is 374 g/mol. The second-order valence-corrected chi connectivity index (χ2v) is 5.74. The largest absolute Gasteiger partial charge is 0.484 e. The number of ether oxygens (including phenoxy) is 3. The molecule has 0 fully saturated rings. The summed E-state index contributed by atoms with van der Waals surface area (Å²) >= 11 is 3.38. The van der Waals surface area contributed by atoms with E-state index in [4.69, 9.17) is 18.7 Å². The zero-order valence-electron chi connectivity index (χ0n) is 11.9. The summed E-state index contributed by atoms with van der Waals surface area (Å²) < 4.78 is 22.4. The van der Waals surface area contributed by atoms with Crippen LogP contribution in [-0.2, 0) is 6.61 Å². The van der Waals surface area contributed by atoms with E-state index in [2.05, 4.69) is 26.1 Å². The normalized spacial score (nSPS) is 12.4. The van der Waals surface area contributed by atoms with E-state index in [0.29, 0.717) is 17.5 Å². The lowest BCUT2D eigenvalue weighted by Gasteiger charge is -2.02. The molecule has 0 radical (unpaired) electrons. The third-order valence-corrected chi connectivity index (χ3v) is 3.80. The molecule has 2 heterocycles. The van der Waals surface area contributed by atoms with Gasteiger partial charge in [-0.25, -0.2) is 0 Å². The van der Waals surface area contributed by atoms with Crippen LogP contribution in [0, 0.1) is 0 Å². The molecule has 2 aromatic carbocycles. The molecule has 116 valence electrons. The zero-order valence-corrected chi connectivity index (χ0v) is 13.4. The Morgan fingerprint density at radius 3 is 2.74 bits per heavy atom. The molecule has 0 aliphatic carbocycles. The van der Waals surface area contributed by atoms with Gasteiger partial charge in [0.1, 0.15) is 5.75 Å². The molecule has 1 aliphatic heterocycles. The van der Waals surface area contributed by atoms with Gasteiger partial charge in [-0.1, -0.05) is 21.1 Å². The molecule has 7 heteroatoms. The summed E-state index contributed by atoms with van der Waals surface area (Å²) in [5.74, 6) is 3.02. The fourth-order valence-electron chi connectivity index (χ4n) is 2.14.